The van der Waals surface area contributed by atoms with E-state index < -0.39 is 0 Å². The molecule has 0 saturated heterocycles. The zero-order chi connectivity index (χ0) is 10.4. The number of methoxy groups -OCH3 is 1. The summed E-state index contributed by atoms with van der Waals surface area (Å²) >= 11 is 2.16. The average Bonchev–Trinajstić information content (AvgIpc) is 2.25. The number of alkyl halides is 1. The Kier molecular flexibility index (Phi) is 4.47. The summed E-state index contributed by atoms with van der Waals surface area (Å²) in [7, 11) is 1.37. The third-order valence-corrected chi connectivity index (χ3v) is 2.00. The minimum atomic E-state index is -0.344. The highest BCUT2D eigenvalue weighted by atomic mass is 127. The highest BCUT2D eigenvalue weighted by molar-refractivity contribution is 14.1. The van der Waals surface area contributed by atoms with Crippen LogP contribution in [0.4, 0.5) is 0 Å². The first-order valence-corrected chi connectivity index (χ1v) is 5.54. The third-order valence-electron chi connectivity index (χ3n) is 1.62. The van der Waals surface area contributed by atoms with Crippen LogP contribution in [0, 0.1) is 11.8 Å². The molecule has 0 N–H and O–H groups in total. The predicted octanol–water partition coefficient (Wildman–Crippen LogP) is 2.26. The molecule has 2 nitrogen and oxygen atoms in total. The molecule has 0 aromatic heterocycles. The van der Waals surface area contributed by atoms with E-state index in [0.29, 0.717) is 5.56 Å². The number of carbonyl (C=O) groups is 1. The number of hydrogen-bond donors (Lipinski definition) is 0. The van der Waals surface area contributed by atoms with Gasteiger partial charge in [-0.15, -0.1) is 0 Å². The summed E-state index contributed by atoms with van der Waals surface area (Å²) in [4.78, 5) is 11.3. The van der Waals surface area contributed by atoms with Gasteiger partial charge in [0.25, 0.3) is 0 Å². The minimum Gasteiger partial charge on any atom is -0.465 e. The van der Waals surface area contributed by atoms with Gasteiger partial charge in [-0.25, -0.2) is 4.79 Å². The number of halogens is 1. The highest BCUT2D eigenvalue weighted by Gasteiger charge is 2.08. The van der Waals surface area contributed by atoms with E-state index in [2.05, 4.69) is 39.2 Å². The average molecular weight is 300 g/mol. The summed E-state index contributed by atoms with van der Waals surface area (Å²) < 4.78 is 5.39. The van der Waals surface area contributed by atoms with Crippen molar-refractivity contribution in [3.8, 4) is 11.8 Å². The molecule has 0 amide bonds. The van der Waals surface area contributed by atoms with Gasteiger partial charge in [0, 0.05) is 5.56 Å². The monoisotopic (exact) mass is 300 g/mol. The fourth-order valence-corrected chi connectivity index (χ4v) is 1.20. The van der Waals surface area contributed by atoms with E-state index in [4.69, 9.17) is 0 Å². The van der Waals surface area contributed by atoms with Crippen LogP contribution in [0.15, 0.2) is 24.3 Å². The van der Waals surface area contributed by atoms with Crippen LogP contribution in [0.1, 0.15) is 15.9 Å². The van der Waals surface area contributed by atoms with E-state index >= 15 is 0 Å². The molecule has 72 valence electrons. The Hall–Kier alpha value is -1.02. The number of esters is 1. The molecule has 0 heterocycles. The van der Waals surface area contributed by atoms with Gasteiger partial charge in [0.1, 0.15) is 0 Å². The Bertz CT molecular complexity index is 388. The SMILES string of the molecule is COC(=O)c1ccccc1C#CCI. The van der Waals surface area contributed by atoms with Crippen LogP contribution in [0.2, 0.25) is 0 Å². The van der Waals surface area contributed by atoms with Gasteiger partial charge in [0.05, 0.1) is 17.1 Å². The van der Waals surface area contributed by atoms with Crippen molar-refractivity contribution >= 4 is 28.6 Å². The van der Waals surface area contributed by atoms with Gasteiger partial charge < -0.3 is 4.74 Å². The maximum absolute atomic E-state index is 11.3. The molecular weight excluding hydrogens is 291 g/mol. The molecule has 0 aliphatic carbocycles. The Morgan fingerprint density at radius 1 is 1.50 bits per heavy atom. The second kappa shape index (κ2) is 5.66. The van der Waals surface area contributed by atoms with Gasteiger partial charge in [0.15, 0.2) is 0 Å². The van der Waals surface area contributed by atoms with Gasteiger partial charge in [0.2, 0.25) is 0 Å². The Labute approximate surface area is 96.8 Å². The topological polar surface area (TPSA) is 26.3 Å². The van der Waals surface area contributed by atoms with E-state index in [1.807, 2.05) is 12.1 Å². The normalized spacial score (nSPS) is 8.71. The van der Waals surface area contributed by atoms with Crippen LogP contribution < -0.4 is 0 Å². The van der Waals surface area contributed by atoms with Crippen molar-refractivity contribution in [1.82, 2.24) is 0 Å². The van der Waals surface area contributed by atoms with E-state index in [-0.39, 0.29) is 5.97 Å². The number of carbonyl (C=O) groups excluding carboxylic acids is 1. The van der Waals surface area contributed by atoms with E-state index in [1.54, 1.807) is 12.1 Å². The molecular formula is C11H9IO2. The van der Waals surface area contributed by atoms with Gasteiger partial charge in [-0.3, -0.25) is 0 Å². The quantitative estimate of drug-likeness (QED) is 0.344. The molecule has 14 heavy (non-hydrogen) atoms. The van der Waals surface area contributed by atoms with Crippen molar-refractivity contribution in [3.05, 3.63) is 35.4 Å². The lowest BCUT2D eigenvalue weighted by atomic mass is 10.1. The number of ether oxygens (including phenoxy) is 1. The van der Waals surface area contributed by atoms with Crippen molar-refractivity contribution < 1.29 is 9.53 Å². The lowest BCUT2D eigenvalue weighted by Crippen LogP contribution is -2.03. The van der Waals surface area contributed by atoms with E-state index in [1.165, 1.54) is 7.11 Å². The fourth-order valence-electron chi connectivity index (χ4n) is 1.01. The summed E-state index contributed by atoms with van der Waals surface area (Å²) in [5, 5.41) is 0. The van der Waals surface area contributed by atoms with Crippen molar-refractivity contribution in [2.45, 2.75) is 0 Å². The largest absolute Gasteiger partial charge is 0.465 e. The van der Waals surface area contributed by atoms with Crippen LogP contribution in [0.3, 0.4) is 0 Å². The maximum atomic E-state index is 11.3. The molecule has 0 unspecified atom stereocenters. The Morgan fingerprint density at radius 2 is 2.21 bits per heavy atom. The predicted molar refractivity (Wildman–Crippen MR) is 63.5 cm³/mol. The molecule has 1 aromatic carbocycles. The second-order valence-electron chi connectivity index (χ2n) is 2.47. The molecule has 3 heteroatoms. The molecule has 0 bridgehead atoms. The molecule has 0 spiro atoms. The zero-order valence-electron chi connectivity index (χ0n) is 7.71. The summed E-state index contributed by atoms with van der Waals surface area (Å²) in [6, 6.07) is 7.17. The van der Waals surface area contributed by atoms with Crippen LogP contribution in [-0.2, 0) is 4.74 Å². The van der Waals surface area contributed by atoms with Gasteiger partial charge in [-0.2, -0.15) is 0 Å². The molecule has 0 radical (unpaired) electrons. The standard InChI is InChI=1S/C11H9IO2/c1-14-11(13)10-7-3-2-5-9(10)6-4-8-12/h2-3,5,7H,8H2,1H3. The second-order valence-corrected chi connectivity index (χ2v) is 3.24. The van der Waals surface area contributed by atoms with Crippen molar-refractivity contribution in [2.75, 3.05) is 11.5 Å². The van der Waals surface area contributed by atoms with Crippen molar-refractivity contribution in [3.63, 3.8) is 0 Å². The lowest BCUT2D eigenvalue weighted by Gasteiger charge is -2.00. The number of benzene rings is 1. The Balaban J connectivity index is 3.09. The highest BCUT2D eigenvalue weighted by Crippen LogP contribution is 2.08. The lowest BCUT2D eigenvalue weighted by molar-refractivity contribution is 0.0600. The summed E-state index contributed by atoms with van der Waals surface area (Å²) in [6.07, 6.45) is 0. The first-order chi connectivity index (χ1) is 6.79. The van der Waals surface area contributed by atoms with E-state index in [0.717, 1.165) is 9.99 Å². The third kappa shape index (κ3) is 2.74. The fraction of sp³-hybridized carbons (Fsp3) is 0.182. The van der Waals surface area contributed by atoms with Gasteiger partial charge in [-0.05, 0) is 12.1 Å². The van der Waals surface area contributed by atoms with Crippen LogP contribution in [0.5, 0.6) is 0 Å². The molecule has 0 atom stereocenters. The minimum absolute atomic E-state index is 0.344. The van der Waals surface area contributed by atoms with E-state index in [9.17, 15) is 4.79 Å². The number of rotatable bonds is 1. The molecule has 0 aliphatic rings. The molecule has 0 saturated carbocycles. The molecule has 0 aliphatic heterocycles. The van der Waals surface area contributed by atoms with Crippen molar-refractivity contribution in [2.24, 2.45) is 0 Å². The summed E-state index contributed by atoms with van der Waals surface area (Å²) in [6.45, 7) is 0. The summed E-state index contributed by atoms with van der Waals surface area (Å²) in [5.74, 6) is 5.49. The maximum Gasteiger partial charge on any atom is 0.339 e. The number of hydrogen-bond acceptors (Lipinski definition) is 2. The first-order valence-electron chi connectivity index (χ1n) is 4.01. The van der Waals surface area contributed by atoms with Gasteiger partial charge in [-0.1, -0.05) is 46.6 Å². The van der Waals surface area contributed by atoms with Crippen LogP contribution in [0.25, 0.3) is 0 Å². The van der Waals surface area contributed by atoms with Gasteiger partial charge >= 0.3 is 5.97 Å². The Morgan fingerprint density at radius 3 is 2.86 bits per heavy atom. The molecule has 0 fully saturated rings. The van der Waals surface area contributed by atoms with Crippen LogP contribution in [-0.4, -0.2) is 17.5 Å². The first kappa shape index (κ1) is 11.1. The van der Waals surface area contributed by atoms with Crippen molar-refractivity contribution in [1.29, 1.82) is 0 Å². The molecule has 1 rings (SSSR count). The van der Waals surface area contributed by atoms with Crippen LogP contribution >= 0.6 is 22.6 Å². The zero-order valence-corrected chi connectivity index (χ0v) is 9.87. The molecule has 1 aromatic rings. The smallest absolute Gasteiger partial charge is 0.339 e. The summed E-state index contributed by atoms with van der Waals surface area (Å²) in [5.41, 5.74) is 1.24.